The molecule has 0 aliphatic heterocycles. The Morgan fingerprint density at radius 2 is 1.54 bits per heavy atom. The molecule has 0 radical (unpaired) electrons. The standard InChI is InChI=1S/C16H12F4N2O3S/c1-22(2)26(23,24)16-14(20)12(18)11(17)13(19)15(16)25-8-10-5-3-9(7-21)4-6-10/h3-6H,8H2,1-2H3. The summed E-state index contributed by atoms with van der Waals surface area (Å²) in [4.78, 5) is -1.44. The van der Waals surface area contributed by atoms with Crippen LogP contribution < -0.4 is 4.74 Å². The zero-order chi connectivity index (χ0) is 19.6. The van der Waals surface area contributed by atoms with Crippen LogP contribution in [0.15, 0.2) is 29.2 Å². The number of hydrogen-bond acceptors (Lipinski definition) is 4. The van der Waals surface area contributed by atoms with Gasteiger partial charge in [-0.15, -0.1) is 0 Å². The summed E-state index contributed by atoms with van der Waals surface area (Å²) in [7, 11) is -2.65. The molecule has 2 rings (SSSR count). The van der Waals surface area contributed by atoms with Crippen molar-refractivity contribution in [3.05, 3.63) is 58.7 Å². The number of rotatable bonds is 5. The van der Waals surface area contributed by atoms with Gasteiger partial charge in [0.25, 0.3) is 0 Å². The fourth-order valence-corrected chi connectivity index (χ4v) is 3.03. The lowest BCUT2D eigenvalue weighted by Crippen LogP contribution is -2.25. The van der Waals surface area contributed by atoms with E-state index < -0.39 is 50.5 Å². The minimum atomic E-state index is -4.67. The first-order valence-corrected chi connectivity index (χ1v) is 8.45. The maximum absolute atomic E-state index is 14.1. The SMILES string of the molecule is CN(C)S(=O)(=O)c1c(F)c(F)c(F)c(F)c1OCc1ccc(C#N)cc1. The van der Waals surface area contributed by atoms with Gasteiger partial charge in [-0.3, -0.25) is 0 Å². The highest BCUT2D eigenvalue weighted by Crippen LogP contribution is 2.35. The topological polar surface area (TPSA) is 70.4 Å². The molecule has 0 saturated heterocycles. The van der Waals surface area contributed by atoms with E-state index in [-0.39, 0.29) is 0 Å². The molecule has 0 bridgehead atoms. The van der Waals surface area contributed by atoms with Crippen molar-refractivity contribution < 1.29 is 30.7 Å². The molecule has 0 amide bonds. The molecule has 0 aliphatic carbocycles. The van der Waals surface area contributed by atoms with E-state index in [4.69, 9.17) is 10.00 Å². The zero-order valence-electron chi connectivity index (χ0n) is 13.6. The van der Waals surface area contributed by atoms with Crippen LogP contribution in [0, 0.1) is 34.6 Å². The van der Waals surface area contributed by atoms with Crippen molar-refractivity contribution in [3.63, 3.8) is 0 Å². The van der Waals surface area contributed by atoms with Gasteiger partial charge in [-0.05, 0) is 17.7 Å². The van der Waals surface area contributed by atoms with Crippen LogP contribution >= 0.6 is 0 Å². The summed E-state index contributed by atoms with van der Waals surface area (Å²) in [6, 6.07) is 7.55. The van der Waals surface area contributed by atoms with Gasteiger partial charge in [-0.25, -0.2) is 25.9 Å². The molecule has 0 atom stereocenters. The first-order valence-electron chi connectivity index (χ1n) is 7.01. The molecule has 138 valence electrons. The Morgan fingerprint density at radius 3 is 2.04 bits per heavy atom. The fourth-order valence-electron chi connectivity index (χ4n) is 1.96. The zero-order valence-corrected chi connectivity index (χ0v) is 14.4. The Hall–Kier alpha value is -2.64. The third-order valence-corrected chi connectivity index (χ3v) is 5.23. The van der Waals surface area contributed by atoms with Crippen LogP contribution in [-0.2, 0) is 16.6 Å². The summed E-state index contributed by atoms with van der Waals surface area (Å²) in [5, 5.41) is 8.72. The number of nitriles is 1. The molecule has 5 nitrogen and oxygen atoms in total. The predicted octanol–water partition coefficient (Wildman–Crippen LogP) is 2.94. The monoisotopic (exact) mass is 388 g/mol. The third-order valence-electron chi connectivity index (χ3n) is 3.39. The van der Waals surface area contributed by atoms with Gasteiger partial charge in [0.1, 0.15) is 6.61 Å². The van der Waals surface area contributed by atoms with E-state index in [2.05, 4.69) is 0 Å². The summed E-state index contributed by atoms with van der Waals surface area (Å²) in [5.41, 5.74) is 0.691. The average Bonchev–Trinajstić information content (AvgIpc) is 2.61. The molecule has 2 aromatic carbocycles. The summed E-state index contributed by atoms with van der Waals surface area (Å²) in [6.07, 6.45) is 0. The quantitative estimate of drug-likeness (QED) is 0.449. The number of hydrogen-bond donors (Lipinski definition) is 0. The first kappa shape index (κ1) is 19.7. The van der Waals surface area contributed by atoms with Crippen LogP contribution in [0.5, 0.6) is 5.75 Å². The van der Waals surface area contributed by atoms with Gasteiger partial charge in [-0.1, -0.05) is 12.1 Å². The van der Waals surface area contributed by atoms with Gasteiger partial charge >= 0.3 is 0 Å². The van der Waals surface area contributed by atoms with Crippen molar-refractivity contribution in [2.75, 3.05) is 14.1 Å². The molecule has 0 aliphatic rings. The molecule has 10 heteroatoms. The van der Waals surface area contributed by atoms with E-state index in [9.17, 15) is 26.0 Å². The summed E-state index contributed by atoms with van der Waals surface area (Å²) in [5.74, 6) is -9.74. The van der Waals surface area contributed by atoms with Crippen molar-refractivity contribution in [2.45, 2.75) is 11.5 Å². The molecule has 0 N–H and O–H groups in total. The van der Waals surface area contributed by atoms with Crippen LogP contribution in [-0.4, -0.2) is 26.8 Å². The molecule has 0 fully saturated rings. The van der Waals surface area contributed by atoms with Gasteiger partial charge < -0.3 is 4.74 Å². The second-order valence-electron chi connectivity index (χ2n) is 5.30. The van der Waals surface area contributed by atoms with Crippen LogP contribution in [0.2, 0.25) is 0 Å². The molecule has 2 aromatic rings. The molecular formula is C16H12F4N2O3S. The third kappa shape index (κ3) is 3.49. The Bertz CT molecular complexity index is 984. The molecular weight excluding hydrogens is 376 g/mol. The van der Waals surface area contributed by atoms with Gasteiger partial charge in [-0.2, -0.15) is 9.65 Å². The average molecular weight is 388 g/mol. The lowest BCUT2D eigenvalue weighted by atomic mass is 10.1. The van der Waals surface area contributed by atoms with E-state index in [1.807, 2.05) is 6.07 Å². The molecule has 0 heterocycles. The lowest BCUT2D eigenvalue weighted by Gasteiger charge is -2.18. The van der Waals surface area contributed by atoms with E-state index in [0.717, 1.165) is 14.1 Å². The maximum Gasteiger partial charge on any atom is 0.249 e. The summed E-state index contributed by atoms with van der Waals surface area (Å²) < 4.78 is 85.1. The molecule has 0 aromatic heterocycles. The van der Waals surface area contributed by atoms with Gasteiger partial charge in [0, 0.05) is 14.1 Å². The molecule has 26 heavy (non-hydrogen) atoms. The Balaban J connectivity index is 2.54. The second kappa shape index (κ2) is 7.31. The number of sulfonamides is 1. The van der Waals surface area contributed by atoms with Crippen molar-refractivity contribution in [1.29, 1.82) is 5.26 Å². The Kier molecular flexibility index (Phi) is 5.53. The molecule has 0 saturated carbocycles. The lowest BCUT2D eigenvalue weighted by molar-refractivity contribution is 0.263. The minimum Gasteiger partial charge on any atom is -0.484 e. The number of ether oxygens (including phenoxy) is 1. The van der Waals surface area contributed by atoms with Crippen molar-refractivity contribution in [3.8, 4) is 11.8 Å². The van der Waals surface area contributed by atoms with Crippen molar-refractivity contribution in [1.82, 2.24) is 4.31 Å². The van der Waals surface area contributed by atoms with Gasteiger partial charge in [0.15, 0.2) is 22.3 Å². The number of halogens is 4. The van der Waals surface area contributed by atoms with Gasteiger partial charge in [0.05, 0.1) is 11.6 Å². The Labute approximate surface area is 147 Å². The van der Waals surface area contributed by atoms with Crippen LogP contribution in [0.25, 0.3) is 0 Å². The fraction of sp³-hybridized carbons (Fsp3) is 0.188. The number of benzene rings is 2. The highest BCUT2D eigenvalue weighted by Gasteiger charge is 2.35. The van der Waals surface area contributed by atoms with Crippen molar-refractivity contribution >= 4 is 10.0 Å². The predicted molar refractivity (Wildman–Crippen MR) is 82.6 cm³/mol. The summed E-state index contributed by atoms with van der Waals surface area (Å²) >= 11 is 0. The normalized spacial score (nSPS) is 11.5. The largest absolute Gasteiger partial charge is 0.484 e. The second-order valence-corrected chi connectivity index (χ2v) is 7.39. The smallest absolute Gasteiger partial charge is 0.249 e. The molecule has 0 unspecified atom stereocenters. The van der Waals surface area contributed by atoms with Crippen LogP contribution in [0.3, 0.4) is 0 Å². The van der Waals surface area contributed by atoms with E-state index >= 15 is 0 Å². The van der Waals surface area contributed by atoms with Crippen molar-refractivity contribution in [2.24, 2.45) is 0 Å². The highest BCUT2D eigenvalue weighted by molar-refractivity contribution is 7.89. The van der Waals surface area contributed by atoms with E-state index in [1.165, 1.54) is 24.3 Å². The van der Waals surface area contributed by atoms with Crippen LogP contribution in [0.1, 0.15) is 11.1 Å². The van der Waals surface area contributed by atoms with E-state index in [0.29, 0.717) is 15.4 Å². The summed E-state index contributed by atoms with van der Waals surface area (Å²) in [6.45, 7) is -0.469. The molecule has 0 spiro atoms. The van der Waals surface area contributed by atoms with Gasteiger partial charge in [0.2, 0.25) is 21.7 Å². The van der Waals surface area contributed by atoms with Crippen LogP contribution in [0.4, 0.5) is 17.6 Å². The Morgan fingerprint density at radius 1 is 1.00 bits per heavy atom. The highest BCUT2D eigenvalue weighted by atomic mass is 32.2. The first-order chi connectivity index (χ1) is 12.1. The minimum absolute atomic E-state index is 0.328. The number of nitrogens with zero attached hydrogens (tertiary/aromatic N) is 2. The van der Waals surface area contributed by atoms with E-state index in [1.54, 1.807) is 0 Å². The maximum atomic E-state index is 14.1.